The van der Waals surface area contributed by atoms with Crippen molar-refractivity contribution in [3.8, 4) is 28.7 Å². The van der Waals surface area contributed by atoms with Crippen LogP contribution in [0.15, 0.2) is 85.7 Å². The fraction of sp³-hybridized carbons (Fsp3) is 0. The molecule has 5 rings (SSSR count). The molecule has 0 aliphatic rings. The normalized spacial score (nSPS) is 11.4. The van der Waals surface area contributed by atoms with Gasteiger partial charge in [-0.1, -0.05) is 18.2 Å². The van der Waals surface area contributed by atoms with Gasteiger partial charge in [-0.05, 0) is 36.4 Å². The predicted molar refractivity (Wildman–Crippen MR) is 128 cm³/mol. The summed E-state index contributed by atoms with van der Waals surface area (Å²) in [5, 5.41) is 23.4. The molecule has 9 heteroatoms. The molecule has 3 heterocycles. The van der Waals surface area contributed by atoms with Gasteiger partial charge in [0.15, 0.2) is 0 Å². The summed E-state index contributed by atoms with van der Waals surface area (Å²) < 4.78 is 11.2. The van der Waals surface area contributed by atoms with E-state index in [2.05, 4.69) is 11.1 Å². The summed E-state index contributed by atoms with van der Waals surface area (Å²) in [6.45, 7) is 0. The minimum atomic E-state index is -0.503. The van der Waals surface area contributed by atoms with Gasteiger partial charge >= 0.3 is 5.63 Å². The van der Waals surface area contributed by atoms with Crippen LogP contribution >= 0.6 is 11.3 Å². The molecule has 164 valence electrons. The van der Waals surface area contributed by atoms with Crippen molar-refractivity contribution in [2.75, 3.05) is 0 Å². The van der Waals surface area contributed by atoms with E-state index in [0.717, 1.165) is 5.39 Å². The van der Waals surface area contributed by atoms with Gasteiger partial charge in [0.25, 0.3) is 5.69 Å². The number of rotatable bonds is 5. The topological polar surface area (TPSA) is 123 Å². The summed E-state index contributed by atoms with van der Waals surface area (Å²) in [5.41, 5.74) is 1.66. The Morgan fingerprint density at radius 1 is 1.09 bits per heavy atom. The number of nitro benzene ring substituents is 1. The Morgan fingerprint density at radius 3 is 2.65 bits per heavy atom. The Hall–Kier alpha value is -4.81. The second-order valence-corrected chi connectivity index (χ2v) is 8.06. The summed E-state index contributed by atoms with van der Waals surface area (Å²) >= 11 is 1.23. The second-order valence-electron chi connectivity index (χ2n) is 7.20. The zero-order valence-electron chi connectivity index (χ0n) is 17.3. The number of fused-ring (bicyclic) bond motifs is 1. The van der Waals surface area contributed by atoms with Crippen molar-refractivity contribution >= 4 is 39.6 Å². The predicted octanol–water partition coefficient (Wildman–Crippen LogP) is 6.15. The van der Waals surface area contributed by atoms with Crippen LogP contribution in [0.1, 0.15) is 10.8 Å². The molecule has 0 saturated carbocycles. The zero-order chi connectivity index (χ0) is 23.7. The molecule has 0 unspecified atom stereocenters. The highest BCUT2D eigenvalue weighted by Crippen LogP contribution is 2.29. The number of allylic oxidation sites excluding steroid dienone is 1. The number of thiazole rings is 1. The van der Waals surface area contributed by atoms with Crippen molar-refractivity contribution in [3.63, 3.8) is 0 Å². The second kappa shape index (κ2) is 8.61. The largest absolute Gasteiger partial charge is 0.457 e. The van der Waals surface area contributed by atoms with E-state index < -0.39 is 10.5 Å². The lowest BCUT2D eigenvalue weighted by atomic mass is 10.1. The average molecular weight is 467 g/mol. The van der Waals surface area contributed by atoms with Gasteiger partial charge in [-0.3, -0.25) is 10.1 Å². The van der Waals surface area contributed by atoms with Crippen molar-refractivity contribution in [1.29, 1.82) is 5.26 Å². The number of benzene rings is 2. The van der Waals surface area contributed by atoms with Crippen LogP contribution in [-0.4, -0.2) is 9.91 Å². The van der Waals surface area contributed by atoms with E-state index in [1.165, 1.54) is 23.5 Å². The summed E-state index contributed by atoms with van der Waals surface area (Å²) in [7, 11) is 0. The lowest BCUT2D eigenvalue weighted by Gasteiger charge is -1.99. The molecule has 0 aliphatic carbocycles. The lowest BCUT2D eigenvalue weighted by molar-refractivity contribution is -0.384. The van der Waals surface area contributed by atoms with Crippen molar-refractivity contribution < 1.29 is 13.8 Å². The van der Waals surface area contributed by atoms with Gasteiger partial charge in [0, 0.05) is 34.5 Å². The Balaban J connectivity index is 1.44. The van der Waals surface area contributed by atoms with E-state index in [1.54, 1.807) is 53.9 Å². The van der Waals surface area contributed by atoms with E-state index in [1.807, 2.05) is 12.1 Å². The molecular weight excluding hydrogens is 454 g/mol. The molecule has 0 N–H and O–H groups in total. The number of non-ortho nitro benzene ring substituents is 1. The van der Waals surface area contributed by atoms with Gasteiger partial charge in [0.2, 0.25) is 0 Å². The Bertz CT molecular complexity index is 1670. The minimum absolute atomic E-state index is 0.0118. The maximum absolute atomic E-state index is 12.4. The highest BCUT2D eigenvalue weighted by atomic mass is 32.1. The lowest BCUT2D eigenvalue weighted by Crippen LogP contribution is -2.02. The molecule has 2 aromatic carbocycles. The first-order chi connectivity index (χ1) is 16.5. The minimum Gasteiger partial charge on any atom is -0.457 e. The number of nitriles is 1. The van der Waals surface area contributed by atoms with Crippen LogP contribution in [0.5, 0.6) is 0 Å². The summed E-state index contributed by atoms with van der Waals surface area (Å²) in [4.78, 5) is 27.3. The molecule has 0 saturated heterocycles. The molecule has 5 aromatic rings. The summed E-state index contributed by atoms with van der Waals surface area (Å²) in [5.74, 6) is 0.930. The first-order valence-electron chi connectivity index (χ1n) is 9.97. The first-order valence-corrected chi connectivity index (χ1v) is 10.9. The summed E-state index contributed by atoms with van der Waals surface area (Å²) in [6, 6.07) is 20.4. The van der Waals surface area contributed by atoms with Crippen LogP contribution in [0, 0.1) is 21.4 Å². The third-order valence-corrected chi connectivity index (χ3v) is 5.92. The maximum atomic E-state index is 12.4. The van der Waals surface area contributed by atoms with E-state index in [9.17, 15) is 20.2 Å². The Morgan fingerprint density at radius 2 is 1.88 bits per heavy atom. The Labute approximate surface area is 195 Å². The van der Waals surface area contributed by atoms with Crippen LogP contribution in [0.4, 0.5) is 5.69 Å². The maximum Gasteiger partial charge on any atom is 0.345 e. The fourth-order valence-electron chi connectivity index (χ4n) is 3.38. The molecule has 0 bridgehead atoms. The van der Waals surface area contributed by atoms with Crippen LogP contribution in [0.3, 0.4) is 0 Å². The molecule has 34 heavy (non-hydrogen) atoms. The average Bonchev–Trinajstić information content (AvgIpc) is 3.52. The molecule has 8 nitrogen and oxygen atoms in total. The van der Waals surface area contributed by atoms with E-state index in [0.29, 0.717) is 38.9 Å². The number of furan rings is 1. The van der Waals surface area contributed by atoms with Crippen LogP contribution in [-0.2, 0) is 0 Å². The van der Waals surface area contributed by atoms with Crippen molar-refractivity contribution in [2.45, 2.75) is 0 Å². The molecule has 0 spiro atoms. The fourth-order valence-corrected chi connectivity index (χ4v) is 4.16. The van der Waals surface area contributed by atoms with Gasteiger partial charge in [-0.25, -0.2) is 9.78 Å². The number of hydrogen-bond donors (Lipinski definition) is 0. The highest BCUT2D eigenvalue weighted by Gasteiger charge is 2.15. The smallest absolute Gasteiger partial charge is 0.345 e. The molecule has 0 atom stereocenters. The van der Waals surface area contributed by atoms with Gasteiger partial charge in [-0.2, -0.15) is 5.26 Å². The van der Waals surface area contributed by atoms with Crippen molar-refractivity contribution in [1.82, 2.24) is 4.98 Å². The number of para-hydroxylation sites is 1. The molecular formula is C25H13N3O5S. The molecule has 0 radical (unpaired) electrons. The SMILES string of the molecule is N#CC(=Cc1ccc(-c2ccc([N+](=O)[O-])cc2)o1)c1nc(-c2cc3ccccc3oc2=O)cs1. The van der Waals surface area contributed by atoms with Gasteiger partial charge in [-0.15, -0.1) is 11.3 Å². The quantitative estimate of drug-likeness (QED) is 0.131. The summed E-state index contributed by atoms with van der Waals surface area (Å²) in [6.07, 6.45) is 1.56. The van der Waals surface area contributed by atoms with Crippen molar-refractivity contribution in [3.05, 3.63) is 103 Å². The van der Waals surface area contributed by atoms with Gasteiger partial charge < -0.3 is 8.83 Å². The molecule has 0 aliphatic heterocycles. The number of nitro groups is 1. The van der Waals surface area contributed by atoms with Crippen LogP contribution in [0.25, 0.3) is 45.2 Å². The monoisotopic (exact) mass is 467 g/mol. The first kappa shape index (κ1) is 21.1. The van der Waals surface area contributed by atoms with Crippen LogP contribution < -0.4 is 5.63 Å². The number of aromatic nitrogens is 1. The number of nitrogens with zero attached hydrogens (tertiary/aromatic N) is 3. The van der Waals surface area contributed by atoms with Gasteiger partial charge in [0.1, 0.15) is 28.2 Å². The van der Waals surface area contributed by atoms with E-state index in [-0.39, 0.29) is 11.3 Å². The standard InChI is InChI=1S/C25H13N3O5S/c26-13-17(11-19-9-10-23(32-19)15-5-7-18(8-6-15)28(30)31)24-27-21(14-34-24)20-12-16-3-1-2-4-22(16)33-25(20)29/h1-12,14H. The van der Waals surface area contributed by atoms with E-state index >= 15 is 0 Å². The van der Waals surface area contributed by atoms with Gasteiger partial charge in [0.05, 0.1) is 21.8 Å². The van der Waals surface area contributed by atoms with Crippen molar-refractivity contribution in [2.24, 2.45) is 0 Å². The third kappa shape index (κ3) is 4.01. The highest BCUT2D eigenvalue weighted by molar-refractivity contribution is 7.11. The van der Waals surface area contributed by atoms with E-state index in [4.69, 9.17) is 8.83 Å². The molecule has 3 aromatic heterocycles. The molecule has 0 fully saturated rings. The van der Waals surface area contributed by atoms with Crippen LogP contribution in [0.2, 0.25) is 0 Å². The zero-order valence-corrected chi connectivity index (χ0v) is 18.1. The third-order valence-electron chi connectivity index (χ3n) is 5.05. The number of hydrogen-bond acceptors (Lipinski definition) is 8. The molecule has 0 amide bonds. The Kier molecular flexibility index (Phi) is 5.33.